The van der Waals surface area contributed by atoms with Gasteiger partial charge in [-0.1, -0.05) is 29.8 Å². The molecule has 4 rings (SSSR count). The number of hydrogen-bond acceptors (Lipinski definition) is 6. The number of benzene rings is 2. The lowest BCUT2D eigenvalue weighted by Crippen LogP contribution is -2.50. The standard InChI is InChI=1S/C22H25ClO6/c1-2-27-18-6-3-14(4-7-18)9-15-10-16(5-8-19(15)23)22-12-17(25)11-21(13-24,29-22)20(26)28-22/h3-8,10,17,20,24-26H,2,9,11-13H2,1H3/t17-,20-,21-,22+/m0/s1. The zero-order chi connectivity index (χ0) is 20.6. The first-order valence-corrected chi connectivity index (χ1v) is 10.1. The van der Waals surface area contributed by atoms with Crippen molar-refractivity contribution in [3.8, 4) is 5.75 Å². The van der Waals surface area contributed by atoms with E-state index in [0.717, 1.165) is 16.9 Å². The van der Waals surface area contributed by atoms with E-state index in [1.807, 2.05) is 37.3 Å². The van der Waals surface area contributed by atoms with Gasteiger partial charge >= 0.3 is 0 Å². The van der Waals surface area contributed by atoms with Gasteiger partial charge in [0.2, 0.25) is 5.79 Å². The van der Waals surface area contributed by atoms with Crippen molar-refractivity contribution in [3.63, 3.8) is 0 Å². The molecular formula is C22H25ClO6. The van der Waals surface area contributed by atoms with E-state index < -0.39 is 30.4 Å². The Morgan fingerprint density at radius 3 is 2.59 bits per heavy atom. The normalized spacial score (nSPS) is 31.1. The van der Waals surface area contributed by atoms with Crippen LogP contribution in [0.1, 0.15) is 36.5 Å². The molecule has 0 saturated carbocycles. The Labute approximate surface area is 174 Å². The smallest absolute Gasteiger partial charge is 0.201 e. The highest BCUT2D eigenvalue weighted by molar-refractivity contribution is 6.31. The predicted molar refractivity (Wildman–Crippen MR) is 107 cm³/mol. The second-order valence-electron chi connectivity index (χ2n) is 7.67. The number of fused-ring (bicyclic) bond motifs is 2. The Bertz CT molecular complexity index is 872. The fraction of sp³-hybridized carbons (Fsp3) is 0.455. The van der Waals surface area contributed by atoms with Crippen LogP contribution in [0.15, 0.2) is 42.5 Å². The third-order valence-electron chi connectivity index (χ3n) is 5.59. The minimum atomic E-state index is -1.33. The van der Waals surface area contributed by atoms with Gasteiger partial charge in [0.25, 0.3) is 0 Å². The second kappa shape index (κ2) is 7.87. The third-order valence-corrected chi connectivity index (χ3v) is 5.96. The minimum absolute atomic E-state index is 0.110. The Morgan fingerprint density at radius 1 is 1.14 bits per heavy atom. The van der Waals surface area contributed by atoms with E-state index in [1.54, 1.807) is 12.1 Å². The molecule has 0 unspecified atom stereocenters. The summed E-state index contributed by atoms with van der Waals surface area (Å²) < 4.78 is 17.3. The summed E-state index contributed by atoms with van der Waals surface area (Å²) in [5.74, 6) is -0.508. The summed E-state index contributed by atoms with van der Waals surface area (Å²) in [6.45, 7) is 2.11. The van der Waals surface area contributed by atoms with E-state index in [1.165, 1.54) is 0 Å². The molecule has 2 aliphatic rings. The molecule has 2 aliphatic heterocycles. The predicted octanol–water partition coefficient (Wildman–Crippen LogP) is 2.73. The lowest BCUT2D eigenvalue weighted by molar-refractivity contribution is -0.250. The molecule has 0 spiro atoms. The van der Waals surface area contributed by atoms with Crippen LogP contribution in [0.3, 0.4) is 0 Å². The molecule has 2 heterocycles. The van der Waals surface area contributed by atoms with E-state index in [-0.39, 0.29) is 12.8 Å². The third kappa shape index (κ3) is 3.77. The lowest BCUT2D eigenvalue weighted by atomic mass is 9.87. The molecular weight excluding hydrogens is 396 g/mol. The second-order valence-corrected chi connectivity index (χ2v) is 8.08. The van der Waals surface area contributed by atoms with Crippen LogP contribution in [0.2, 0.25) is 5.02 Å². The van der Waals surface area contributed by atoms with Gasteiger partial charge in [-0.3, -0.25) is 0 Å². The van der Waals surface area contributed by atoms with Crippen LogP contribution in [-0.4, -0.2) is 46.5 Å². The molecule has 2 fully saturated rings. The molecule has 0 radical (unpaired) electrons. The van der Waals surface area contributed by atoms with Crippen LogP contribution < -0.4 is 4.74 Å². The molecule has 156 valence electrons. The number of ether oxygens (including phenoxy) is 3. The maximum atomic E-state index is 10.4. The first-order chi connectivity index (χ1) is 13.9. The van der Waals surface area contributed by atoms with Crippen LogP contribution in [0.5, 0.6) is 5.75 Å². The highest BCUT2D eigenvalue weighted by Gasteiger charge is 2.62. The van der Waals surface area contributed by atoms with E-state index in [4.69, 9.17) is 25.8 Å². The van der Waals surface area contributed by atoms with E-state index in [9.17, 15) is 15.3 Å². The molecule has 0 aromatic heterocycles. The van der Waals surface area contributed by atoms with Crippen LogP contribution >= 0.6 is 11.6 Å². The van der Waals surface area contributed by atoms with Gasteiger partial charge in [0.05, 0.1) is 19.3 Å². The zero-order valence-corrected chi connectivity index (χ0v) is 16.9. The summed E-state index contributed by atoms with van der Waals surface area (Å²) in [6.07, 6.45) is -1.23. The first-order valence-electron chi connectivity index (χ1n) is 9.75. The highest BCUT2D eigenvalue weighted by atomic mass is 35.5. The summed E-state index contributed by atoms with van der Waals surface area (Å²) in [7, 11) is 0. The Hall–Kier alpha value is -1.67. The SMILES string of the molecule is CCOc1ccc(Cc2cc([C@@]34C[C@@H](O)C[C@@](CO)(O3)[C@@H](O)O4)ccc2Cl)cc1. The molecule has 29 heavy (non-hydrogen) atoms. The number of rotatable bonds is 6. The van der Waals surface area contributed by atoms with Crippen molar-refractivity contribution in [1.29, 1.82) is 0 Å². The molecule has 2 aromatic carbocycles. The summed E-state index contributed by atoms with van der Waals surface area (Å²) >= 11 is 6.43. The lowest BCUT2D eigenvalue weighted by Gasteiger charge is -2.39. The molecule has 2 bridgehead atoms. The molecule has 0 amide bonds. The molecule has 2 aromatic rings. The summed E-state index contributed by atoms with van der Waals surface area (Å²) in [6, 6.07) is 13.2. The van der Waals surface area contributed by atoms with Gasteiger partial charge in [-0.15, -0.1) is 0 Å². The van der Waals surface area contributed by atoms with Crippen molar-refractivity contribution >= 4 is 11.6 Å². The highest BCUT2D eigenvalue weighted by Crippen LogP contribution is 2.52. The quantitative estimate of drug-likeness (QED) is 0.666. The van der Waals surface area contributed by atoms with Crippen molar-refractivity contribution in [3.05, 3.63) is 64.2 Å². The van der Waals surface area contributed by atoms with Gasteiger partial charge in [-0.2, -0.15) is 0 Å². The number of aliphatic hydroxyl groups excluding tert-OH is 3. The molecule has 3 N–H and O–H groups in total. The summed E-state index contributed by atoms with van der Waals surface area (Å²) in [5, 5.41) is 31.1. The van der Waals surface area contributed by atoms with Crippen molar-refractivity contribution in [2.24, 2.45) is 0 Å². The average molecular weight is 421 g/mol. The van der Waals surface area contributed by atoms with Crippen LogP contribution in [-0.2, 0) is 21.7 Å². The Morgan fingerprint density at radius 2 is 1.90 bits per heavy atom. The van der Waals surface area contributed by atoms with Crippen molar-refractivity contribution in [2.75, 3.05) is 13.2 Å². The van der Waals surface area contributed by atoms with Crippen LogP contribution in [0, 0.1) is 0 Å². The van der Waals surface area contributed by atoms with E-state index >= 15 is 0 Å². The molecule has 0 aliphatic carbocycles. The van der Waals surface area contributed by atoms with Gasteiger partial charge in [0, 0.05) is 23.4 Å². The number of halogens is 1. The fourth-order valence-electron chi connectivity index (χ4n) is 4.16. The molecule has 2 saturated heterocycles. The van der Waals surface area contributed by atoms with Crippen LogP contribution in [0.25, 0.3) is 0 Å². The zero-order valence-electron chi connectivity index (χ0n) is 16.2. The molecule has 7 heteroatoms. The Kier molecular flexibility index (Phi) is 5.59. The van der Waals surface area contributed by atoms with Crippen molar-refractivity contribution in [2.45, 2.75) is 50.0 Å². The number of hydrogen-bond donors (Lipinski definition) is 3. The van der Waals surface area contributed by atoms with Gasteiger partial charge in [-0.05, 0) is 48.7 Å². The summed E-state index contributed by atoms with van der Waals surface area (Å²) in [5.41, 5.74) is 1.25. The monoisotopic (exact) mass is 420 g/mol. The molecule has 4 atom stereocenters. The van der Waals surface area contributed by atoms with Crippen molar-refractivity contribution < 1.29 is 29.5 Å². The van der Waals surface area contributed by atoms with E-state index in [0.29, 0.717) is 23.6 Å². The number of aliphatic hydroxyl groups is 3. The first kappa shape index (κ1) is 20.6. The maximum absolute atomic E-state index is 10.4. The van der Waals surface area contributed by atoms with Gasteiger partial charge < -0.3 is 29.5 Å². The average Bonchev–Trinajstić information content (AvgIpc) is 2.92. The maximum Gasteiger partial charge on any atom is 0.201 e. The van der Waals surface area contributed by atoms with Gasteiger partial charge in [0.1, 0.15) is 11.4 Å². The van der Waals surface area contributed by atoms with Gasteiger partial charge in [-0.25, -0.2) is 0 Å². The Balaban J connectivity index is 1.63. The van der Waals surface area contributed by atoms with E-state index in [2.05, 4.69) is 0 Å². The van der Waals surface area contributed by atoms with Crippen LogP contribution in [0.4, 0.5) is 0 Å². The minimum Gasteiger partial charge on any atom is -0.494 e. The fourth-order valence-corrected chi connectivity index (χ4v) is 4.35. The van der Waals surface area contributed by atoms with Gasteiger partial charge in [0.15, 0.2) is 6.29 Å². The largest absolute Gasteiger partial charge is 0.494 e. The topological polar surface area (TPSA) is 88.4 Å². The van der Waals surface area contributed by atoms with Crippen molar-refractivity contribution in [1.82, 2.24) is 0 Å². The summed E-state index contributed by atoms with van der Waals surface area (Å²) in [4.78, 5) is 0. The molecule has 6 nitrogen and oxygen atoms in total.